The third-order valence-electron chi connectivity index (χ3n) is 5.49. The molecule has 0 unspecified atom stereocenters. The van der Waals surface area contributed by atoms with Crippen LogP contribution in [0, 0.1) is 6.92 Å². The number of carbonyl (C=O) groups is 1. The van der Waals surface area contributed by atoms with E-state index in [-0.39, 0.29) is 18.3 Å². The van der Waals surface area contributed by atoms with Crippen LogP contribution in [0.15, 0.2) is 65.1 Å². The van der Waals surface area contributed by atoms with Crippen LogP contribution >= 0.6 is 24.0 Å². The van der Waals surface area contributed by atoms with E-state index in [0.717, 1.165) is 29.8 Å². The average molecular weight is 499 g/mol. The molecule has 3 aromatic carbocycles. The van der Waals surface area contributed by atoms with Gasteiger partial charge < -0.3 is 19.5 Å². The normalized spacial score (nSPS) is 10.9. The van der Waals surface area contributed by atoms with Gasteiger partial charge in [-0.15, -0.1) is 12.4 Å². The summed E-state index contributed by atoms with van der Waals surface area (Å²) in [6, 6.07) is 19.4. The van der Waals surface area contributed by atoms with Gasteiger partial charge in [-0.2, -0.15) is 4.98 Å². The van der Waals surface area contributed by atoms with Crippen molar-refractivity contribution in [1.82, 2.24) is 9.88 Å². The van der Waals surface area contributed by atoms with Crippen LogP contribution in [-0.2, 0) is 0 Å². The monoisotopic (exact) mass is 498 g/mol. The maximum absolute atomic E-state index is 12.8. The predicted octanol–water partition coefficient (Wildman–Crippen LogP) is 6.13. The van der Waals surface area contributed by atoms with Gasteiger partial charge in [0, 0.05) is 36.4 Å². The first-order chi connectivity index (χ1) is 15.8. The Labute approximate surface area is 210 Å². The molecule has 0 radical (unpaired) electrons. The lowest BCUT2D eigenvalue weighted by atomic mass is 9.99. The third-order valence-corrected chi connectivity index (χ3v) is 5.72. The molecule has 34 heavy (non-hydrogen) atoms. The van der Waals surface area contributed by atoms with Gasteiger partial charge in [0.05, 0.1) is 0 Å². The number of rotatable bonds is 7. The van der Waals surface area contributed by atoms with Crippen molar-refractivity contribution in [1.29, 1.82) is 0 Å². The Bertz CT molecular complexity index is 1290. The quantitative estimate of drug-likeness (QED) is 0.332. The zero-order chi connectivity index (χ0) is 23.5. The molecule has 1 N–H and O–H groups in total. The van der Waals surface area contributed by atoms with Gasteiger partial charge in [-0.25, -0.2) is 0 Å². The second kappa shape index (κ2) is 10.9. The molecule has 0 saturated heterocycles. The van der Waals surface area contributed by atoms with Gasteiger partial charge in [0.2, 0.25) is 0 Å². The first-order valence-electron chi connectivity index (χ1n) is 10.7. The molecular weight excluding hydrogens is 471 g/mol. The summed E-state index contributed by atoms with van der Waals surface area (Å²) in [7, 11) is 6.01. The molecule has 0 aliphatic rings. The van der Waals surface area contributed by atoms with Crippen molar-refractivity contribution in [3.8, 4) is 11.1 Å². The largest absolute Gasteiger partial charge is 0.423 e. The van der Waals surface area contributed by atoms with Gasteiger partial charge in [-0.3, -0.25) is 4.79 Å². The van der Waals surface area contributed by atoms with Gasteiger partial charge >= 0.3 is 0 Å². The number of likely N-dealkylation sites (N-methyl/N-ethyl adjacent to an activating group) is 2. The number of halogens is 2. The van der Waals surface area contributed by atoms with Gasteiger partial charge in [-0.05, 0) is 80.2 Å². The van der Waals surface area contributed by atoms with E-state index in [1.165, 1.54) is 0 Å². The molecule has 8 heteroatoms. The van der Waals surface area contributed by atoms with Crippen LogP contribution in [0.4, 0.5) is 11.7 Å². The van der Waals surface area contributed by atoms with E-state index in [1.54, 1.807) is 0 Å². The van der Waals surface area contributed by atoms with Crippen LogP contribution in [0.25, 0.3) is 22.2 Å². The van der Waals surface area contributed by atoms with Crippen molar-refractivity contribution in [3.05, 3.63) is 76.8 Å². The maximum Gasteiger partial charge on any atom is 0.298 e. The highest BCUT2D eigenvalue weighted by atomic mass is 35.5. The number of aromatic nitrogens is 1. The number of aryl methyl sites for hydroxylation is 1. The topological polar surface area (TPSA) is 61.6 Å². The number of oxazole rings is 1. The number of anilines is 2. The second-order valence-corrected chi connectivity index (χ2v) is 8.83. The molecule has 1 aromatic heterocycles. The number of amides is 1. The standard InChI is InChI=1S/C26H27ClN4O2.ClH/c1-17-15-20(27)9-11-22(17)18-5-7-19(8-6-18)25(32)28-21-10-12-24-23(16-21)29-26(33-24)31(4)14-13-30(2)3;/h5-12,15-16H,13-14H2,1-4H3,(H,28,32);1H. The molecule has 0 aliphatic carbocycles. The lowest BCUT2D eigenvalue weighted by Crippen LogP contribution is -2.28. The molecule has 0 atom stereocenters. The molecule has 0 bridgehead atoms. The Balaban J connectivity index is 0.00000324. The first-order valence-corrected chi connectivity index (χ1v) is 11.1. The molecule has 6 nitrogen and oxygen atoms in total. The number of fused-ring (bicyclic) bond motifs is 1. The molecule has 0 aliphatic heterocycles. The fraction of sp³-hybridized carbons (Fsp3) is 0.231. The zero-order valence-electron chi connectivity index (χ0n) is 19.6. The van der Waals surface area contributed by atoms with Gasteiger partial charge in [0.15, 0.2) is 5.58 Å². The predicted molar refractivity (Wildman–Crippen MR) is 143 cm³/mol. The van der Waals surface area contributed by atoms with E-state index < -0.39 is 0 Å². The molecule has 178 valence electrons. The van der Waals surface area contributed by atoms with E-state index in [4.69, 9.17) is 16.0 Å². The molecule has 0 spiro atoms. The SMILES string of the molecule is Cc1cc(Cl)ccc1-c1ccc(C(=O)Nc2ccc3oc(N(C)CCN(C)C)nc3c2)cc1.Cl. The lowest BCUT2D eigenvalue weighted by molar-refractivity contribution is 0.102. The van der Waals surface area contributed by atoms with Crippen molar-refractivity contribution in [2.75, 3.05) is 44.4 Å². The smallest absolute Gasteiger partial charge is 0.298 e. The van der Waals surface area contributed by atoms with Crippen LogP contribution in [0.3, 0.4) is 0 Å². The maximum atomic E-state index is 12.8. The number of benzene rings is 3. The van der Waals surface area contributed by atoms with E-state index in [0.29, 0.717) is 33.4 Å². The summed E-state index contributed by atoms with van der Waals surface area (Å²) in [5.41, 5.74) is 5.85. The van der Waals surface area contributed by atoms with Gasteiger partial charge in [0.25, 0.3) is 11.9 Å². The highest BCUT2D eigenvalue weighted by molar-refractivity contribution is 6.30. The average Bonchev–Trinajstić information content (AvgIpc) is 3.21. The Morgan fingerprint density at radius 3 is 2.41 bits per heavy atom. The number of hydrogen-bond acceptors (Lipinski definition) is 5. The van der Waals surface area contributed by atoms with Crippen LogP contribution in [0.5, 0.6) is 0 Å². The number of nitrogens with zero attached hydrogens (tertiary/aromatic N) is 3. The Kier molecular flexibility index (Phi) is 8.20. The molecule has 0 fully saturated rings. The van der Waals surface area contributed by atoms with Gasteiger partial charge in [0.1, 0.15) is 5.52 Å². The molecule has 4 rings (SSSR count). The third kappa shape index (κ3) is 5.89. The van der Waals surface area contributed by atoms with Crippen LogP contribution in [-0.4, -0.2) is 50.0 Å². The zero-order valence-corrected chi connectivity index (χ0v) is 21.2. The summed E-state index contributed by atoms with van der Waals surface area (Å²) in [5, 5.41) is 3.66. The van der Waals surface area contributed by atoms with Crippen LogP contribution in [0.2, 0.25) is 5.02 Å². The summed E-state index contributed by atoms with van der Waals surface area (Å²) < 4.78 is 5.85. The van der Waals surface area contributed by atoms with E-state index in [9.17, 15) is 4.79 Å². The van der Waals surface area contributed by atoms with Gasteiger partial charge in [-0.1, -0.05) is 29.8 Å². The molecule has 4 aromatic rings. The number of carbonyl (C=O) groups excluding carboxylic acids is 1. The van der Waals surface area contributed by atoms with Crippen molar-refractivity contribution in [2.45, 2.75) is 6.92 Å². The Hall–Kier alpha value is -3.06. The van der Waals surface area contributed by atoms with E-state index in [1.807, 2.05) is 93.6 Å². The number of hydrogen-bond donors (Lipinski definition) is 1. The Morgan fingerprint density at radius 1 is 1.00 bits per heavy atom. The summed E-state index contributed by atoms with van der Waals surface area (Å²) in [6.07, 6.45) is 0. The van der Waals surface area contributed by atoms with Crippen LogP contribution in [0.1, 0.15) is 15.9 Å². The lowest BCUT2D eigenvalue weighted by Gasteiger charge is -2.17. The molecule has 1 amide bonds. The second-order valence-electron chi connectivity index (χ2n) is 8.39. The fourth-order valence-corrected chi connectivity index (χ4v) is 3.78. The van der Waals surface area contributed by atoms with Crippen molar-refractivity contribution in [2.24, 2.45) is 0 Å². The van der Waals surface area contributed by atoms with E-state index in [2.05, 4.69) is 15.2 Å². The summed E-state index contributed by atoms with van der Waals surface area (Å²) >= 11 is 6.06. The highest BCUT2D eigenvalue weighted by Crippen LogP contribution is 2.27. The summed E-state index contributed by atoms with van der Waals surface area (Å²) in [6.45, 7) is 3.72. The van der Waals surface area contributed by atoms with Crippen molar-refractivity contribution in [3.63, 3.8) is 0 Å². The first kappa shape index (κ1) is 25.6. The fourth-order valence-electron chi connectivity index (χ4n) is 3.56. The van der Waals surface area contributed by atoms with E-state index >= 15 is 0 Å². The minimum absolute atomic E-state index is 0. The van der Waals surface area contributed by atoms with Crippen molar-refractivity contribution >= 4 is 52.7 Å². The number of nitrogens with one attached hydrogen (secondary N) is 1. The minimum atomic E-state index is -0.180. The minimum Gasteiger partial charge on any atom is -0.423 e. The summed E-state index contributed by atoms with van der Waals surface area (Å²) in [5.74, 6) is -0.180. The molecule has 0 saturated carbocycles. The molecule has 1 heterocycles. The van der Waals surface area contributed by atoms with Crippen molar-refractivity contribution < 1.29 is 9.21 Å². The highest BCUT2D eigenvalue weighted by Gasteiger charge is 2.13. The summed E-state index contributed by atoms with van der Waals surface area (Å²) in [4.78, 5) is 21.4. The molecular formula is C26H28Cl2N4O2. The van der Waals surface area contributed by atoms with Crippen LogP contribution < -0.4 is 10.2 Å². The Morgan fingerprint density at radius 2 is 1.74 bits per heavy atom.